The zero-order chi connectivity index (χ0) is 21.1. The molecule has 0 spiro atoms. The molecule has 0 atom stereocenters. The van der Waals surface area contributed by atoms with Gasteiger partial charge in [0.2, 0.25) is 0 Å². The fourth-order valence-electron chi connectivity index (χ4n) is 3.03. The highest BCUT2D eigenvalue weighted by Crippen LogP contribution is 2.28. The van der Waals surface area contributed by atoms with Crippen molar-refractivity contribution in [1.29, 1.82) is 0 Å². The maximum atomic E-state index is 11.9. The normalized spacial score (nSPS) is 11.4. The van der Waals surface area contributed by atoms with Crippen molar-refractivity contribution < 1.29 is 13.2 Å². The molecule has 0 saturated carbocycles. The first-order valence-corrected chi connectivity index (χ1v) is 11.5. The van der Waals surface area contributed by atoms with Crippen LogP contribution in [0.1, 0.15) is 5.56 Å². The molecule has 4 aromatic rings. The average Bonchev–Trinajstić information content (AvgIpc) is 2.73. The second-order valence-electron chi connectivity index (χ2n) is 6.84. The molecule has 4 rings (SSSR count). The van der Waals surface area contributed by atoms with Gasteiger partial charge in [-0.25, -0.2) is 8.42 Å². The zero-order valence-corrected chi connectivity index (χ0v) is 17.7. The molecule has 0 aliphatic carbocycles. The summed E-state index contributed by atoms with van der Waals surface area (Å²) in [6, 6.07) is 21.8. The first kappa shape index (κ1) is 20.2. The number of ether oxygens (including phenoxy) is 1. The Morgan fingerprint density at radius 3 is 2.50 bits per heavy atom. The summed E-state index contributed by atoms with van der Waals surface area (Å²) >= 11 is 6.16. The van der Waals surface area contributed by atoms with Crippen molar-refractivity contribution in [2.24, 2.45) is 0 Å². The van der Waals surface area contributed by atoms with Crippen LogP contribution >= 0.6 is 11.6 Å². The molecule has 0 saturated heterocycles. The lowest BCUT2D eigenvalue weighted by atomic mass is 10.2. The highest BCUT2D eigenvalue weighted by Gasteiger charge is 2.10. The van der Waals surface area contributed by atoms with E-state index in [2.05, 4.69) is 10.3 Å². The fourth-order valence-corrected chi connectivity index (χ4v) is 3.87. The summed E-state index contributed by atoms with van der Waals surface area (Å²) in [6.45, 7) is 0.385. The predicted octanol–water partition coefficient (Wildman–Crippen LogP) is 5.61. The summed E-state index contributed by atoms with van der Waals surface area (Å²) in [5.74, 6) is 0.722. The van der Waals surface area contributed by atoms with Crippen LogP contribution < -0.4 is 10.1 Å². The highest BCUT2D eigenvalue weighted by molar-refractivity contribution is 7.90. The Hall–Kier alpha value is -3.09. The third-order valence-corrected chi connectivity index (χ3v) is 6.11. The van der Waals surface area contributed by atoms with Gasteiger partial charge in [0.1, 0.15) is 12.4 Å². The number of aromatic nitrogens is 1. The molecule has 7 heteroatoms. The standard InChI is InChI=1S/C23H19ClN2O3S/c1-30(27,28)19-10-11-22-20(14-19)23(12-13-25-22)26-17-6-8-18(9-7-17)29-15-16-4-2-3-5-21(16)24/h2-14H,15H2,1H3,(H,25,26). The van der Waals surface area contributed by atoms with Crippen LogP contribution in [-0.4, -0.2) is 19.7 Å². The van der Waals surface area contributed by atoms with Gasteiger partial charge in [0.05, 0.1) is 10.4 Å². The maximum absolute atomic E-state index is 11.9. The Kier molecular flexibility index (Phi) is 5.61. The molecule has 152 valence electrons. The minimum Gasteiger partial charge on any atom is -0.489 e. The number of hydrogen-bond acceptors (Lipinski definition) is 5. The van der Waals surface area contributed by atoms with Crippen molar-refractivity contribution in [3.05, 3.63) is 89.6 Å². The molecule has 1 heterocycles. The minimum absolute atomic E-state index is 0.259. The number of rotatable bonds is 6. The lowest BCUT2D eigenvalue weighted by molar-refractivity contribution is 0.306. The Balaban J connectivity index is 1.53. The van der Waals surface area contributed by atoms with Crippen molar-refractivity contribution >= 4 is 43.7 Å². The molecule has 1 aromatic heterocycles. The van der Waals surface area contributed by atoms with E-state index >= 15 is 0 Å². The summed E-state index contributed by atoms with van der Waals surface area (Å²) in [4.78, 5) is 4.57. The van der Waals surface area contributed by atoms with E-state index < -0.39 is 9.84 Å². The van der Waals surface area contributed by atoms with Gasteiger partial charge in [-0.05, 0) is 54.6 Å². The van der Waals surface area contributed by atoms with Gasteiger partial charge in [0, 0.05) is 39.8 Å². The van der Waals surface area contributed by atoms with E-state index in [-0.39, 0.29) is 4.90 Å². The number of anilines is 2. The van der Waals surface area contributed by atoms with Crippen LogP contribution in [-0.2, 0) is 16.4 Å². The van der Waals surface area contributed by atoms with E-state index in [1.165, 1.54) is 6.26 Å². The van der Waals surface area contributed by atoms with Gasteiger partial charge in [0.25, 0.3) is 0 Å². The number of benzene rings is 3. The Morgan fingerprint density at radius 2 is 1.77 bits per heavy atom. The highest BCUT2D eigenvalue weighted by atomic mass is 35.5. The molecule has 1 N–H and O–H groups in total. The molecule has 30 heavy (non-hydrogen) atoms. The number of pyridine rings is 1. The molecule has 0 unspecified atom stereocenters. The first-order valence-electron chi connectivity index (χ1n) is 9.22. The van der Waals surface area contributed by atoms with Crippen LogP contribution in [0, 0.1) is 0 Å². The van der Waals surface area contributed by atoms with E-state index in [0.717, 1.165) is 28.1 Å². The fraction of sp³-hybridized carbons (Fsp3) is 0.0870. The van der Waals surface area contributed by atoms with Gasteiger partial charge in [-0.15, -0.1) is 0 Å². The molecular weight excluding hydrogens is 420 g/mol. The van der Waals surface area contributed by atoms with Crippen LogP contribution in [0.2, 0.25) is 5.02 Å². The van der Waals surface area contributed by atoms with Crippen molar-refractivity contribution in [2.45, 2.75) is 11.5 Å². The van der Waals surface area contributed by atoms with E-state index in [1.807, 2.05) is 54.6 Å². The third kappa shape index (κ3) is 4.56. The van der Waals surface area contributed by atoms with E-state index in [1.54, 1.807) is 24.4 Å². The van der Waals surface area contributed by atoms with Crippen molar-refractivity contribution in [3.8, 4) is 5.75 Å². The molecule has 0 aliphatic heterocycles. The zero-order valence-electron chi connectivity index (χ0n) is 16.2. The lowest BCUT2D eigenvalue weighted by Gasteiger charge is -2.12. The quantitative estimate of drug-likeness (QED) is 0.423. The van der Waals surface area contributed by atoms with Crippen molar-refractivity contribution in [1.82, 2.24) is 4.98 Å². The van der Waals surface area contributed by atoms with Crippen LogP contribution in [0.4, 0.5) is 11.4 Å². The average molecular weight is 439 g/mol. The van der Waals surface area contributed by atoms with Gasteiger partial charge in [0.15, 0.2) is 9.84 Å². The van der Waals surface area contributed by atoms with Gasteiger partial charge in [-0.1, -0.05) is 29.8 Å². The van der Waals surface area contributed by atoms with Crippen LogP contribution in [0.25, 0.3) is 10.9 Å². The van der Waals surface area contributed by atoms with Gasteiger partial charge in [-0.2, -0.15) is 0 Å². The second kappa shape index (κ2) is 8.34. The summed E-state index contributed by atoms with van der Waals surface area (Å²) < 4.78 is 29.6. The lowest BCUT2D eigenvalue weighted by Crippen LogP contribution is -1.99. The molecule has 0 amide bonds. The number of nitrogens with one attached hydrogen (secondary N) is 1. The van der Waals surface area contributed by atoms with Crippen LogP contribution in [0.15, 0.2) is 83.9 Å². The molecule has 0 radical (unpaired) electrons. The minimum atomic E-state index is -3.30. The summed E-state index contributed by atoms with van der Waals surface area (Å²) in [5.41, 5.74) is 3.26. The second-order valence-corrected chi connectivity index (χ2v) is 9.26. The number of halogens is 1. The number of nitrogens with zero attached hydrogens (tertiary/aromatic N) is 1. The number of fused-ring (bicyclic) bond motifs is 1. The number of hydrogen-bond donors (Lipinski definition) is 1. The maximum Gasteiger partial charge on any atom is 0.175 e. The summed E-state index contributed by atoms with van der Waals surface area (Å²) in [6.07, 6.45) is 2.88. The SMILES string of the molecule is CS(=O)(=O)c1ccc2nccc(Nc3ccc(OCc4ccccc4Cl)cc3)c2c1. The van der Waals surface area contributed by atoms with E-state index in [4.69, 9.17) is 16.3 Å². The Labute approximate surface area is 180 Å². The molecular formula is C23H19ClN2O3S. The van der Waals surface area contributed by atoms with E-state index in [0.29, 0.717) is 17.1 Å². The van der Waals surface area contributed by atoms with Crippen molar-refractivity contribution in [3.63, 3.8) is 0 Å². The monoisotopic (exact) mass is 438 g/mol. The summed E-state index contributed by atoms with van der Waals surface area (Å²) in [7, 11) is -3.30. The van der Waals surface area contributed by atoms with Gasteiger partial charge in [-0.3, -0.25) is 4.98 Å². The Bertz CT molecular complexity index is 1310. The molecule has 5 nitrogen and oxygen atoms in total. The first-order chi connectivity index (χ1) is 14.4. The predicted molar refractivity (Wildman–Crippen MR) is 120 cm³/mol. The topological polar surface area (TPSA) is 68.3 Å². The summed E-state index contributed by atoms with van der Waals surface area (Å²) in [5, 5.41) is 4.73. The molecule has 0 bridgehead atoms. The van der Waals surface area contributed by atoms with Gasteiger partial charge < -0.3 is 10.1 Å². The third-order valence-electron chi connectivity index (χ3n) is 4.63. The van der Waals surface area contributed by atoms with Crippen LogP contribution in [0.3, 0.4) is 0 Å². The number of sulfone groups is 1. The Morgan fingerprint density at radius 1 is 1.00 bits per heavy atom. The molecule has 0 aliphatic rings. The molecule has 0 fully saturated rings. The van der Waals surface area contributed by atoms with Crippen molar-refractivity contribution in [2.75, 3.05) is 11.6 Å². The van der Waals surface area contributed by atoms with Crippen LogP contribution in [0.5, 0.6) is 5.75 Å². The van der Waals surface area contributed by atoms with E-state index in [9.17, 15) is 8.42 Å². The smallest absolute Gasteiger partial charge is 0.175 e. The van der Waals surface area contributed by atoms with Gasteiger partial charge >= 0.3 is 0 Å². The largest absolute Gasteiger partial charge is 0.489 e. The molecule has 3 aromatic carbocycles.